The van der Waals surface area contributed by atoms with E-state index in [4.69, 9.17) is 5.84 Å². The zero-order valence-electron chi connectivity index (χ0n) is 11.0. The summed E-state index contributed by atoms with van der Waals surface area (Å²) in [5.74, 6) is 0.332. The van der Waals surface area contributed by atoms with Gasteiger partial charge in [0.25, 0.3) is 5.91 Å². The van der Waals surface area contributed by atoms with Gasteiger partial charge in [0.1, 0.15) is 0 Å². The average Bonchev–Trinajstić information content (AvgIpc) is 2.44. The summed E-state index contributed by atoms with van der Waals surface area (Å²) < 4.78 is 39.0. The van der Waals surface area contributed by atoms with E-state index in [9.17, 15) is 18.0 Å². The Morgan fingerprint density at radius 1 is 1.10 bits per heavy atom. The van der Waals surface area contributed by atoms with E-state index in [1.807, 2.05) is 6.92 Å². The number of nitrogens with two attached hydrogens (primary N) is 1. The second kappa shape index (κ2) is 5.84. The number of amides is 1. The van der Waals surface area contributed by atoms with Crippen molar-refractivity contribution in [3.8, 4) is 0 Å². The predicted octanol–water partition coefficient (Wildman–Crippen LogP) is 2.95. The predicted molar refractivity (Wildman–Crippen MR) is 73.3 cm³/mol. The van der Waals surface area contributed by atoms with E-state index < -0.39 is 23.4 Å². The molecule has 0 radical (unpaired) electrons. The second-order valence-electron chi connectivity index (χ2n) is 4.40. The summed E-state index contributed by atoms with van der Waals surface area (Å²) in [5, 5.41) is 2.28. The Hall–Kier alpha value is -2.54. The van der Waals surface area contributed by atoms with E-state index in [2.05, 4.69) is 10.7 Å². The third-order valence-electron chi connectivity index (χ3n) is 2.82. The van der Waals surface area contributed by atoms with E-state index in [-0.39, 0.29) is 11.3 Å². The Morgan fingerprint density at radius 3 is 2.29 bits per heavy atom. The Labute approximate surface area is 118 Å². The highest BCUT2D eigenvalue weighted by Crippen LogP contribution is 2.21. The fourth-order valence-electron chi connectivity index (χ4n) is 1.80. The molecule has 0 saturated heterocycles. The standard InChI is InChI=1S/C14H12F3N3O/c1-7-2-3-9(12(4-7)20-18)14(21)19-8-5-10(15)13(17)11(16)6-8/h2-6,20H,18H2,1H3,(H,19,21). The third kappa shape index (κ3) is 3.14. The van der Waals surface area contributed by atoms with Crippen molar-refractivity contribution in [3.63, 3.8) is 0 Å². The van der Waals surface area contributed by atoms with Crippen molar-refractivity contribution in [3.05, 3.63) is 58.9 Å². The van der Waals surface area contributed by atoms with Gasteiger partial charge < -0.3 is 10.7 Å². The van der Waals surface area contributed by atoms with Crippen LogP contribution in [0.2, 0.25) is 0 Å². The summed E-state index contributed by atoms with van der Waals surface area (Å²) in [5.41, 5.74) is 3.59. The summed E-state index contributed by atoms with van der Waals surface area (Å²) in [7, 11) is 0. The van der Waals surface area contributed by atoms with Crippen LogP contribution in [0.25, 0.3) is 0 Å². The normalized spacial score (nSPS) is 10.3. The van der Waals surface area contributed by atoms with Gasteiger partial charge >= 0.3 is 0 Å². The Morgan fingerprint density at radius 2 is 1.71 bits per heavy atom. The van der Waals surface area contributed by atoms with Crippen LogP contribution in [0.4, 0.5) is 24.5 Å². The van der Waals surface area contributed by atoms with Crippen molar-refractivity contribution >= 4 is 17.3 Å². The molecule has 21 heavy (non-hydrogen) atoms. The molecule has 7 heteroatoms. The van der Waals surface area contributed by atoms with E-state index in [0.29, 0.717) is 17.8 Å². The van der Waals surface area contributed by atoms with Gasteiger partial charge in [-0.1, -0.05) is 6.07 Å². The highest BCUT2D eigenvalue weighted by molar-refractivity contribution is 6.08. The number of carbonyl (C=O) groups is 1. The smallest absolute Gasteiger partial charge is 0.257 e. The van der Waals surface area contributed by atoms with Gasteiger partial charge in [-0.3, -0.25) is 10.6 Å². The van der Waals surface area contributed by atoms with Gasteiger partial charge in [-0.15, -0.1) is 0 Å². The van der Waals surface area contributed by atoms with Crippen molar-refractivity contribution in [2.75, 3.05) is 10.7 Å². The molecule has 4 N–H and O–H groups in total. The van der Waals surface area contributed by atoms with Gasteiger partial charge in [0.05, 0.1) is 11.3 Å². The molecule has 110 valence electrons. The van der Waals surface area contributed by atoms with Crippen molar-refractivity contribution in [1.29, 1.82) is 0 Å². The second-order valence-corrected chi connectivity index (χ2v) is 4.40. The molecular formula is C14H12F3N3O. The maximum absolute atomic E-state index is 13.1. The van der Waals surface area contributed by atoms with Crippen molar-refractivity contribution in [2.45, 2.75) is 6.92 Å². The molecule has 0 fully saturated rings. The van der Waals surface area contributed by atoms with Crippen LogP contribution >= 0.6 is 0 Å². The SMILES string of the molecule is Cc1ccc(C(=O)Nc2cc(F)c(F)c(F)c2)c(NN)c1. The number of hydrazine groups is 1. The number of anilines is 2. The summed E-state index contributed by atoms with van der Waals surface area (Å²) >= 11 is 0. The fourth-order valence-corrected chi connectivity index (χ4v) is 1.80. The summed E-state index contributed by atoms with van der Waals surface area (Å²) in [6.45, 7) is 1.81. The first kappa shape index (κ1) is 14.9. The van der Waals surface area contributed by atoms with Crippen molar-refractivity contribution in [2.24, 2.45) is 5.84 Å². The number of hydrogen-bond donors (Lipinski definition) is 3. The molecule has 0 aliphatic rings. The third-order valence-corrected chi connectivity index (χ3v) is 2.82. The number of carbonyl (C=O) groups excluding carboxylic acids is 1. The highest BCUT2D eigenvalue weighted by Gasteiger charge is 2.15. The molecule has 0 bridgehead atoms. The first-order valence-electron chi connectivity index (χ1n) is 5.95. The Kier molecular flexibility index (Phi) is 4.13. The van der Waals surface area contributed by atoms with Gasteiger partial charge in [-0.25, -0.2) is 13.2 Å². The number of benzene rings is 2. The largest absolute Gasteiger partial charge is 0.323 e. The van der Waals surface area contributed by atoms with E-state index in [0.717, 1.165) is 5.56 Å². The number of nitrogens with one attached hydrogen (secondary N) is 2. The highest BCUT2D eigenvalue weighted by atomic mass is 19.2. The maximum Gasteiger partial charge on any atom is 0.257 e. The minimum atomic E-state index is -1.59. The number of halogens is 3. The molecule has 0 spiro atoms. The molecule has 1 amide bonds. The molecule has 2 rings (SSSR count). The maximum atomic E-state index is 13.1. The number of hydrogen-bond acceptors (Lipinski definition) is 3. The lowest BCUT2D eigenvalue weighted by Crippen LogP contribution is -2.17. The molecule has 0 heterocycles. The van der Waals surface area contributed by atoms with Crippen LogP contribution in [0.15, 0.2) is 30.3 Å². The Balaban J connectivity index is 2.30. The van der Waals surface area contributed by atoms with Crippen molar-refractivity contribution in [1.82, 2.24) is 0 Å². The lowest BCUT2D eigenvalue weighted by Gasteiger charge is -2.11. The first-order valence-corrected chi connectivity index (χ1v) is 5.95. The molecule has 0 aliphatic carbocycles. The van der Waals surface area contributed by atoms with Crippen LogP contribution in [0.5, 0.6) is 0 Å². The molecule has 2 aromatic carbocycles. The fraction of sp³-hybridized carbons (Fsp3) is 0.0714. The number of rotatable bonds is 3. The molecule has 0 aromatic heterocycles. The van der Waals surface area contributed by atoms with Crippen LogP contribution in [-0.2, 0) is 0 Å². The first-order chi connectivity index (χ1) is 9.92. The lowest BCUT2D eigenvalue weighted by atomic mass is 10.1. The number of aryl methyl sites for hydroxylation is 1. The quantitative estimate of drug-likeness (QED) is 0.463. The monoisotopic (exact) mass is 295 g/mol. The van der Waals surface area contributed by atoms with Crippen LogP contribution in [0, 0.1) is 24.4 Å². The molecule has 0 atom stereocenters. The van der Waals surface area contributed by atoms with E-state index >= 15 is 0 Å². The molecule has 4 nitrogen and oxygen atoms in total. The van der Waals surface area contributed by atoms with Crippen LogP contribution < -0.4 is 16.6 Å². The zero-order chi connectivity index (χ0) is 15.6. The van der Waals surface area contributed by atoms with Crippen LogP contribution in [-0.4, -0.2) is 5.91 Å². The molecule has 0 saturated carbocycles. The zero-order valence-corrected chi connectivity index (χ0v) is 11.0. The molecule has 0 unspecified atom stereocenters. The van der Waals surface area contributed by atoms with Crippen molar-refractivity contribution < 1.29 is 18.0 Å². The topological polar surface area (TPSA) is 67.2 Å². The van der Waals surface area contributed by atoms with Gasteiger partial charge in [0, 0.05) is 17.8 Å². The summed E-state index contributed by atoms with van der Waals surface area (Å²) in [4.78, 5) is 12.1. The van der Waals surface area contributed by atoms with Gasteiger partial charge in [0.2, 0.25) is 0 Å². The molecule has 0 aliphatic heterocycles. The molecular weight excluding hydrogens is 283 g/mol. The van der Waals surface area contributed by atoms with Crippen LogP contribution in [0.1, 0.15) is 15.9 Å². The van der Waals surface area contributed by atoms with Gasteiger partial charge in [-0.2, -0.15) is 0 Å². The van der Waals surface area contributed by atoms with Gasteiger partial charge in [-0.05, 0) is 24.6 Å². The summed E-state index contributed by atoms with van der Waals surface area (Å²) in [6, 6.07) is 6.22. The summed E-state index contributed by atoms with van der Waals surface area (Å²) in [6.07, 6.45) is 0. The van der Waals surface area contributed by atoms with Gasteiger partial charge in [0.15, 0.2) is 17.5 Å². The number of nitrogen functional groups attached to an aromatic ring is 1. The van der Waals surface area contributed by atoms with E-state index in [1.165, 1.54) is 6.07 Å². The lowest BCUT2D eigenvalue weighted by molar-refractivity contribution is 0.102. The van der Waals surface area contributed by atoms with Crippen LogP contribution in [0.3, 0.4) is 0 Å². The minimum Gasteiger partial charge on any atom is -0.323 e. The molecule has 2 aromatic rings. The minimum absolute atomic E-state index is 0.188. The van der Waals surface area contributed by atoms with E-state index in [1.54, 1.807) is 12.1 Å². The average molecular weight is 295 g/mol. The Bertz CT molecular complexity index is 681.